The van der Waals surface area contributed by atoms with Gasteiger partial charge in [0.1, 0.15) is 6.54 Å². The van der Waals surface area contributed by atoms with Crippen molar-refractivity contribution >= 4 is 23.3 Å². The number of carbonyl (C=O) groups is 1. The van der Waals surface area contributed by atoms with Crippen molar-refractivity contribution in [2.45, 2.75) is 18.9 Å². The predicted molar refractivity (Wildman–Crippen MR) is 60.5 cm³/mol. The Bertz CT molecular complexity index is 317. The Hall–Kier alpha value is -1.10. The summed E-state index contributed by atoms with van der Waals surface area (Å²) in [4.78, 5) is 10.3. The molecule has 82 valence electrons. The third-order valence-corrected chi connectivity index (χ3v) is 3.26. The SMILES string of the molecule is O=C(O)CNC(=S)NC1CC2C=CC1C2. The van der Waals surface area contributed by atoms with Crippen LogP contribution in [0.1, 0.15) is 12.8 Å². The van der Waals surface area contributed by atoms with Crippen LogP contribution >= 0.6 is 12.2 Å². The van der Waals surface area contributed by atoms with Crippen molar-refractivity contribution in [2.75, 3.05) is 6.54 Å². The van der Waals surface area contributed by atoms with Gasteiger partial charge >= 0.3 is 5.97 Å². The highest BCUT2D eigenvalue weighted by atomic mass is 32.1. The Balaban J connectivity index is 1.75. The van der Waals surface area contributed by atoms with Crippen LogP contribution < -0.4 is 10.6 Å². The zero-order valence-electron chi connectivity index (χ0n) is 8.27. The van der Waals surface area contributed by atoms with Crippen molar-refractivity contribution in [3.8, 4) is 0 Å². The van der Waals surface area contributed by atoms with Gasteiger partial charge in [0, 0.05) is 6.04 Å². The molecule has 3 atom stereocenters. The second-order valence-electron chi connectivity index (χ2n) is 4.11. The number of nitrogens with one attached hydrogen (secondary N) is 2. The van der Waals surface area contributed by atoms with E-state index in [-0.39, 0.29) is 6.54 Å². The summed E-state index contributed by atoms with van der Waals surface area (Å²) < 4.78 is 0. The fourth-order valence-electron chi connectivity index (χ4n) is 2.32. The Morgan fingerprint density at radius 3 is 2.80 bits per heavy atom. The molecule has 1 fully saturated rings. The van der Waals surface area contributed by atoms with Crippen LogP contribution in [0.4, 0.5) is 0 Å². The second kappa shape index (κ2) is 4.18. The van der Waals surface area contributed by atoms with Crippen LogP contribution in [0.5, 0.6) is 0 Å². The molecule has 3 unspecified atom stereocenters. The smallest absolute Gasteiger partial charge is 0.322 e. The standard InChI is InChI=1S/C10H14N2O2S/c13-9(14)5-11-10(15)12-8-4-6-1-2-7(8)3-6/h1-2,6-8H,3-5H2,(H,13,14)(H2,11,12,15). The molecule has 0 aromatic rings. The minimum absolute atomic E-state index is 0.123. The summed E-state index contributed by atoms with van der Waals surface area (Å²) in [5.74, 6) is 0.362. The van der Waals surface area contributed by atoms with E-state index in [2.05, 4.69) is 22.8 Å². The van der Waals surface area contributed by atoms with Gasteiger partial charge < -0.3 is 15.7 Å². The minimum Gasteiger partial charge on any atom is -0.480 e. The lowest BCUT2D eigenvalue weighted by Gasteiger charge is -2.21. The molecule has 15 heavy (non-hydrogen) atoms. The molecule has 0 aromatic heterocycles. The van der Waals surface area contributed by atoms with Crippen LogP contribution in [-0.4, -0.2) is 28.8 Å². The number of allylic oxidation sites excluding steroid dienone is 1. The third kappa shape index (κ3) is 2.47. The number of thiocarbonyl (C=S) groups is 1. The van der Waals surface area contributed by atoms with Gasteiger partial charge in [0.25, 0.3) is 0 Å². The molecule has 2 aliphatic rings. The van der Waals surface area contributed by atoms with Gasteiger partial charge in [0.15, 0.2) is 5.11 Å². The molecule has 4 nitrogen and oxygen atoms in total. The fraction of sp³-hybridized carbons (Fsp3) is 0.600. The van der Waals surface area contributed by atoms with Gasteiger partial charge in [-0.1, -0.05) is 12.2 Å². The first kappa shape index (κ1) is 10.4. The van der Waals surface area contributed by atoms with Crippen molar-refractivity contribution in [1.82, 2.24) is 10.6 Å². The van der Waals surface area contributed by atoms with Crippen LogP contribution in [0.25, 0.3) is 0 Å². The zero-order chi connectivity index (χ0) is 10.8. The highest BCUT2D eigenvalue weighted by Crippen LogP contribution is 2.38. The van der Waals surface area contributed by atoms with E-state index in [0.29, 0.717) is 23.0 Å². The molecular weight excluding hydrogens is 212 g/mol. The highest BCUT2D eigenvalue weighted by molar-refractivity contribution is 7.80. The van der Waals surface area contributed by atoms with E-state index in [0.717, 1.165) is 6.42 Å². The first-order valence-electron chi connectivity index (χ1n) is 5.09. The maximum Gasteiger partial charge on any atom is 0.322 e. The third-order valence-electron chi connectivity index (χ3n) is 3.00. The highest BCUT2D eigenvalue weighted by Gasteiger charge is 2.35. The van der Waals surface area contributed by atoms with Crippen molar-refractivity contribution in [3.05, 3.63) is 12.2 Å². The predicted octanol–water partition coefficient (Wildman–Crippen LogP) is 0.500. The van der Waals surface area contributed by atoms with Gasteiger partial charge in [-0.3, -0.25) is 4.79 Å². The molecule has 3 N–H and O–H groups in total. The molecule has 0 heterocycles. The number of carboxylic acid groups (broad SMARTS) is 1. The summed E-state index contributed by atoms with van der Waals surface area (Å²) in [7, 11) is 0. The first-order valence-corrected chi connectivity index (χ1v) is 5.50. The second-order valence-corrected chi connectivity index (χ2v) is 4.52. The van der Waals surface area contributed by atoms with Gasteiger partial charge in [0.05, 0.1) is 0 Å². The summed E-state index contributed by atoms with van der Waals surface area (Å²) in [6.45, 7) is -0.123. The normalized spacial score (nSPS) is 31.6. The number of hydrogen-bond acceptors (Lipinski definition) is 2. The molecule has 0 spiro atoms. The minimum atomic E-state index is -0.896. The lowest BCUT2D eigenvalue weighted by Crippen LogP contribution is -2.45. The van der Waals surface area contributed by atoms with Crippen LogP contribution in [0.15, 0.2) is 12.2 Å². The molecule has 2 aliphatic carbocycles. The van der Waals surface area contributed by atoms with Gasteiger partial charge in [-0.2, -0.15) is 0 Å². The van der Waals surface area contributed by atoms with Crippen molar-refractivity contribution in [2.24, 2.45) is 11.8 Å². The average Bonchev–Trinajstić information content (AvgIpc) is 2.76. The topological polar surface area (TPSA) is 61.4 Å². The maximum absolute atomic E-state index is 10.3. The number of fused-ring (bicyclic) bond motifs is 2. The molecule has 0 amide bonds. The summed E-state index contributed by atoms with van der Waals surface area (Å²) in [5.41, 5.74) is 0. The average molecular weight is 226 g/mol. The fourth-order valence-corrected chi connectivity index (χ4v) is 2.55. The van der Waals surface area contributed by atoms with E-state index in [9.17, 15) is 4.79 Å². The van der Waals surface area contributed by atoms with E-state index in [1.54, 1.807) is 0 Å². The summed E-state index contributed by atoms with van der Waals surface area (Å²) in [5, 5.41) is 14.8. The van der Waals surface area contributed by atoms with E-state index < -0.39 is 5.97 Å². The number of carboxylic acids is 1. The zero-order valence-corrected chi connectivity index (χ0v) is 9.09. The van der Waals surface area contributed by atoms with Crippen LogP contribution in [0.2, 0.25) is 0 Å². The summed E-state index contributed by atoms with van der Waals surface area (Å²) in [6.07, 6.45) is 6.80. The lowest BCUT2D eigenvalue weighted by molar-refractivity contribution is -0.135. The Morgan fingerprint density at radius 1 is 1.47 bits per heavy atom. The molecule has 2 bridgehead atoms. The summed E-state index contributed by atoms with van der Waals surface area (Å²) in [6, 6.07) is 0.383. The number of hydrogen-bond donors (Lipinski definition) is 3. The molecule has 0 radical (unpaired) electrons. The van der Waals surface area contributed by atoms with E-state index >= 15 is 0 Å². The quantitative estimate of drug-likeness (QED) is 0.483. The van der Waals surface area contributed by atoms with Crippen LogP contribution in [0.3, 0.4) is 0 Å². The molecule has 1 saturated carbocycles. The number of aliphatic carboxylic acids is 1. The van der Waals surface area contributed by atoms with Gasteiger partial charge in [-0.15, -0.1) is 0 Å². The van der Waals surface area contributed by atoms with Gasteiger partial charge in [-0.05, 0) is 36.9 Å². The van der Waals surface area contributed by atoms with Crippen molar-refractivity contribution in [3.63, 3.8) is 0 Å². The van der Waals surface area contributed by atoms with Crippen LogP contribution in [-0.2, 0) is 4.79 Å². The van der Waals surface area contributed by atoms with E-state index in [1.807, 2.05) is 0 Å². The van der Waals surface area contributed by atoms with Crippen molar-refractivity contribution < 1.29 is 9.90 Å². The maximum atomic E-state index is 10.3. The Morgan fingerprint density at radius 2 is 2.27 bits per heavy atom. The number of rotatable bonds is 3. The summed E-state index contributed by atoms with van der Waals surface area (Å²) >= 11 is 5.02. The van der Waals surface area contributed by atoms with E-state index in [4.69, 9.17) is 17.3 Å². The Kier molecular flexibility index (Phi) is 2.90. The molecule has 0 saturated heterocycles. The first-order chi connectivity index (χ1) is 7.15. The van der Waals surface area contributed by atoms with Crippen LogP contribution in [0, 0.1) is 11.8 Å². The molecule has 5 heteroatoms. The molecular formula is C10H14N2O2S. The largest absolute Gasteiger partial charge is 0.480 e. The molecule has 0 aromatic carbocycles. The van der Waals surface area contributed by atoms with Crippen molar-refractivity contribution in [1.29, 1.82) is 0 Å². The Labute approximate surface area is 93.7 Å². The monoisotopic (exact) mass is 226 g/mol. The van der Waals surface area contributed by atoms with Gasteiger partial charge in [-0.25, -0.2) is 0 Å². The molecule has 0 aliphatic heterocycles. The van der Waals surface area contributed by atoms with Gasteiger partial charge in [0.2, 0.25) is 0 Å². The van der Waals surface area contributed by atoms with E-state index in [1.165, 1.54) is 6.42 Å². The molecule has 2 rings (SSSR count). The lowest BCUT2D eigenvalue weighted by atomic mass is 10.0.